The summed E-state index contributed by atoms with van der Waals surface area (Å²) in [6.07, 6.45) is -15.1. The number of rotatable bonds is 4. The summed E-state index contributed by atoms with van der Waals surface area (Å²) in [4.78, 5) is 11.0. The third kappa shape index (κ3) is 3.52. The number of carboxylic acid groups (broad SMARTS) is 1. The highest BCUT2D eigenvalue weighted by Gasteiger charge is 2.51. The van der Waals surface area contributed by atoms with Crippen LogP contribution in [-0.2, 0) is 19.0 Å². The zero-order chi connectivity index (χ0) is 18.2. The molecule has 2 heterocycles. The van der Waals surface area contributed by atoms with Gasteiger partial charge >= 0.3 is 5.97 Å². The van der Waals surface area contributed by atoms with Crippen LogP contribution in [0.5, 0.6) is 0 Å². The molecule has 0 aromatic carbocycles. The van der Waals surface area contributed by atoms with E-state index in [4.69, 9.17) is 25.1 Å². The minimum atomic E-state index is -1.90. The van der Waals surface area contributed by atoms with Gasteiger partial charge in [0.1, 0.15) is 36.6 Å². The van der Waals surface area contributed by atoms with Gasteiger partial charge in [-0.05, 0) is 0 Å². The summed E-state index contributed by atoms with van der Waals surface area (Å²) in [5.74, 6) is -1.60. The van der Waals surface area contributed by atoms with E-state index < -0.39 is 73.9 Å². The average molecular weight is 355 g/mol. The molecule has 2 fully saturated rings. The van der Waals surface area contributed by atoms with Gasteiger partial charge in [0, 0.05) is 0 Å². The second-order valence-electron chi connectivity index (χ2n) is 5.65. The Morgan fingerprint density at radius 1 is 1.00 bits per heavy atom. The van der Waals surface area contributed by atoms with Crippen LogP contribution in [0.2, 0.25) is 0 Å². The highest BCUT2D eigenvalue weighted by atomic mass is 16.7. The van der Waals surface area contributed by atoms with Gasteiger partial charge in [-0.3, -0.25) is 0 Å². The molecule has 0 aromatic heterocycles. The fraction of sp³-hybridized carbons (Fsp3) is 0.917. The van der Waals surface area contributed by atoms with Gasteiger partial charge in [0.25, 0.3) is 0 Å². The fourth-order valence-electron chi connectivity index (χ4n) is 2.59. The largest absolute Gasteiger partial charge is 0.479 e. The van der Waals surface area contributed by atoms with Gasteiger partial charge in [0.15, 0.2) is 18.7 Å². The molecule has 0 saturated carbocycles. The number of aliphatic hydroxyl groups excluding tert-OH is 6. The van der Waals surface area contributed by atoms with Crippen LogP contribution >= 0.6 is 0 Å². The predicted octanol–water partition coefficient (Wildman–Crippen LogP) is -5.34. The Hall–Kier alpha value is -0.930. The van der Waals surface area contributed by atoms with Crippen LogP contribution in [0.25, 0.3) is 0 Å². The van der Waals surface area contributed by atoms with Gasteiger partial charge in [0.2, 0.25) is 0 Å². The van der Waals surface area contributed by atoms with Crippen molar-refractivity contribution in [3.05, 3.63) is 0 Å². The van der Waals surface area contributed by atoms with Crippen LogP contribution in [-0.4, -0.2) is 110 Å². The minimum absolute atomic E-state index is 0.693. The molecule has 0 spiro atoms. The third-order valence-electron chi connectivity index (χ3n) is 4.03. The first-order chi connectivity index (χ1) is 11.2. The van der Waals surface area contributed by atoms with Crippen LogP contribution in [0, 0.1) is 0 Å². The number of carboxylic acids is 1. The molecule has 2 saturated heterocycles. The summed E-state index contributed by atoms with van der Waals surface area (Å²) in [6.45, 7) is -0.693. The monoisotopic (exact) mass is 355 g/mol. The summed E-state index contributed by atoms with van der Waals surface area (Å²) < 4.78 is 15.1. The fourth-order valence-corrected chi connectivity index (χ4v) is 2.59. The Morgan fingerprint density at radius 3 is 2.17 bits per heavy atom. The molecule has 0 radical (unpaired) electrons. The third-order valence-corrected chi connectivity index (χ3v) is 4.03. The highest BCUT2D eigenvalue weighted by Crippen LogP contribution is 2.28. The summed E-state index contributed by atoms with van der Waals surface area (Å²) >= 11 is 0. The van der Waals surface area contributed by atoms with Crippen LogP contribution < -0.4 is 5.73 Å². The second-order valence-corrected chi connectivity index (χ2v) is 5.65. The molecular weight excluding hydrogens is 334 g/mol. The number of nitrogens with two attached hydrogens (primary N) is 1. The van der Waals surface area contributed by atoms with Crippen molar-refractivity contribution in [3.63, 3.8) is 0 Å². The van der Waals surface area contributed by atoms with Crippen molar-refractivity contribution in [3.8, 4) is 0 Å². The van der Waals surface area contributed by atoms with E-state index in [0.29, 0.717) is 0 Å². The smallest absolute Gasteiger partial charge is 0.335 e. The van der Waals surface area contributed by atoms with E-state index >= 15 is 0 Å². The van der Waals surface area contributed by atoms with E-state index in [-0.39, 0.29) is 0 Å². The van der Waals surface area contributed by atoms with E-state index in [1.807, 2.05) is 0 Å². The van der Waals surface area contributed by atoms with Crippen LogP contribution in [0.1, 0.15) is 0 Å². The Labute approximate surface area is 135 Å². The van der Waals surface area contributed by atoms with Crippen LogP contribution in [0.15, 0.2) is 0 Å². The Kier molecular flexibility index (Phi) is 6.09. The predicted molar refractivity (Wildman–Crippen MR) is 71.1 cm³/mol. The van der Waals surface area contributed by atoms with Crippen molar-refractivity contribution in [2.45, 2.75) is 61.3 Å². The number of aliphatic carboxylic acids is 1. The molecule has 12 heteroatoms. The van der Waals surface area contributed by atoms with Crippen molar-refractivity contribution in [2.75, 3.05) is 6.61 Å². The van der Waals surface area contributed by atoms with Crippen molar-refractivity contribution >= 4 is 5.97 Å². The SMILES string of the molecule is NC1C(O)[C@H](O[C@@H]2OC(C(=O)O)[C@@H](O)C(O)[C@@H]2O)C(CO)O[C@H]1O. The van der Waals surface area contributed by atoms with Gasteiger partial charge in [-0.25, -0.2) is 4.79 Å². The molecule has 5 unspecified atom stereocenters. The van der Waals surface area contributed by atoms with E-state index in [1.165, 1.54) is 0 Å². The molecule has 0 aromatic rings. The molecule has 140 valence electrons. The van der Waals surface area contributed by atoms with Crippen molar-refractivity contribution in [1.29, 1.82) is 0 Å². The summed E-state index contributed by atoms with van der Waals surface area (Å²) in [7, 11) is 0. The van der Waals surface area contributed by atoms with E-state index in [2.05, 4.69) is 0 Å². The zero-order valence-corrected chi connectivity index (χ0v) is 12.3. The minimum Gasteiger partial charge on any atom is -0.479 e. The van der Waals surface area contributed by atoms with Crippen LogP contribution in [0.4, 0.5) is 0 Å². The average Bonchev–Trinajstić information content (AvgIpc) is 2.54. The molecule has 10 atom stereocenters. The maximum absolute atomic E-state index is 11.0. The maximum Gasteiger partial charge on any atom is 0.335 e. The molecule has 2 rings (SSSR count). The second kappa shape index (κ2) is 7.53. The van der Waals surface area contributed by atoms with Gasteiger partial charge in [-0.1, -0.05) is 0 Å². The Bertz CT molecular complexity index is 449. The molecule has 24 heavy (non-hydrogen) atoms. The van der Waals surface area contributed by atoms with Gasteiger partial charge < -0.3 is 55.7 Å². The van der Waals surface area contributed by atoms with Crippen molar-refractivity contribution in [1.82, 2.24) is 0 Å². The Balaban J connectivity index is 2.16. The lowest BCUT2D eigenvalue weighted by atomic mass is 9.96. The zero-order valence-electron chi connectivity index (χ0n) is 12.3. The van der Waals surface area contributed by atoms with Crippen molar-refractivity contribution < 1.29 is 54.8 Å². The lowest BCUT2D eigenvalue weighted by Gasteiger charge is -2.45. The standard InChI is InChI=1S/C12H21NO11/c13-3-4(15)8(2(1-14)22-11(3)21)23-12-7(18)5(16)6(17)9(24-12)10(19)20/h2-9,11-12,14-18,21H,1,13H2,(H,19,20)/t2?,3?,4?,5?,6-,7-,8+,9?,11+,12+/m0/s1. The first kappa shape index (κ1) is 19.4. The van der Waals surface area contributed by atoms with Crippen molar-refractivity contribution in [2.24, 2.45) is 5.73 Å². The van der Waals surface area contributed by atoms with Gasteiger partial charge in [0.05, 0.1) is 12.6 Å². The molecule has 0 aliphatic carbocycles. The number of hydrogen-bond donors (Lipinski definition) is 8. The summed E-state index contributed by atoms with van der Waals surface area (Å²) in [6, 6.07) is -1.30. The van der Waals surface area contributed by atoms with Gasteiger partial charge in [-0.15, -0.1) is 0 Å². The highest BCUT2D eigenvalue weighted by molar-refractivity contribution is 5.73. The van der Waals surface area contributed by atoms with Gasteiger partial charge in [-0.2, -0.15) is 0 Å². The van der Waals surface area contributed by atoms with E-state index in [9.17, 15) is 35.4 Å². The number of hydrogen-bond acceptors (Lipinski definition) is 11. The topological polar surface area (TPSA) is 212 Å². The lowest BCUT2D eigenvalue weighted by Crippen LogP contribution is -2.66. The number of ether oxygens (including phenoxy) is 3. The molecular formula is C12H21NO11. The van der Waals surface area contributed by atoms with Crippen LogP contribution in [0.3, 0.4) is 0 Å². The first-order valence-electron chi connectivity index (χ1n) is 7.15. The Morgan fingerprint density at radius 2 is 1.62 bits per heavy atom. The molecule has 2 aliphatic heterocycles. The lowest BCUT2D eigenvalue weighted by molar-refractivity contribution is -0.339. The molecule has 12 nitrogen and oxygen atoms in total. The number of aliphatic hydroxyl groups is 6. The summed E-state index contributed by atoms with van der Waals surface area (Å²) in [5.41, 5.74) is 5.52. The first-order valence-corrected chi connectivity index (χ1v) is 7.15. The van der Waals surface area contributed by atoms with E-state index in [1.54, 1.807) is 0 Å². The molecule has 0 bridgehead atoms. The summed E-state index contributed by atoms with van der Waals surface area (Å²) in [5, 5.41) is 67.0. The quantitative estimate of drug-likeness (QED) is 0.237. The molecule has 2 aliphatic rings. The normalized spacial score (nSPS) is 49.8. The molecule has 9 N–H and O–H groups in total. The maximum atomic E-state index is 11.0. The molecule has 0 amide bonds. The number of carbonyl (C=O) groups is 1. The van der Waals surface area contributed by atoms with E-state index in [0.717, 1.165) is 0 Å².